The SMILES string of the molecule is CC1CC(=O)N2CCCC2C(=O)N2CCCCC2C(=O)NC(C)C(=O)N2CCCC2C(=O)O1.Cc1cc(F)cc(F)c1.NC(=O)CNC(=O)Nc1ccc(OC(F)(F)F)cc1. The highest BCUT2D eigenvalue weighted by molar-refractivity contribution is 5.96. The smallest absolute Gasteiger partial charge is 0.461 e. The molecule has 7 amide bonds. The summed E-state index contributed by atoms with van der Waals surface area (Å²) in [6.45, 7) is 5.92. The molecule has 4 saturated heterocycles. The zero-order valence-corrected chi connectivity index (χ0v) is 33.9. The molecule has 5 unspecified atom stereocenters. The zero-order valence-electron chi connectivity index (χ0n) is 33.9. The lowest BCUT2D eigenvalue weighted by Gasteiger charge is -2.38. The van der Waals surface area contributed by atoms with Gasteiger partial charge in [-0.1, -0.05) is 0 Å². The minimum absolute atomic E-state index is 0.0174. The van der Waals surface area contributed by atoms with Gasteiger partial charge in [0.2, 0.25) is 29.5 Å². The summed E-state index contributed by atoms with van der Waals surface area (Å²) in [7, 11) is 0. The number of urea groups is 1. The summed E-state index contributed by atoms with van der Waals surface area (Å²) < 4.78 is 69.2. The average molecular weight is 868 g/mol. The number of amides is 7. The molecule has 4 fully saturated rings. The quantitative estimate of drug-likeness (QED) is 0.261. The van der Waals surface area contributed by atoms with Gasteiger partial charge in [-0.15, -0.1) is 13.2 Å². The Morgan fingerprint density at radius 2 is 1.39 bits per heavy atom. The van der Waals surface area contributed by atoms with E-state index in [9.17, 15) is 55.5 Å². The number of hydrogen-bond donors (Lipinski definition) is 4. The van der Waals surface area contributed by atoms with Gasteiger partial charge in [0.1, 0.15) is 47.7 Å². The van der Waals surface area contributed by atoms with E-state index in [-0.39, 0.29) is 42.3 Å². The first-order valence-corrected chi connectivity index (χ1v) is 19.7. The number of hydrogen-bond acceptors (Lipinski definition) is 9. The maximum Gasteiger partial charge on any atom is 0.573 e. The molecule has 2 aromatic rings. The third kappa shape index (κ3) is 14.3. The fraction of sp³-hybridized carbons (Fsp3) is 0.525. The molecular weight excluding hydrogens is 817 g/mol. The van der Waals surface area contributed by atoms with Crippen LogP contribution in [-0.4, -0.2) is 119 Å². The lowest BCUT2D eigenvalue weighted by atomic mass is 9.99. The summed E-state index contributed by atoms with van der Waals surface area (Å²) in [5, 5.41) is 7.22. The number of carbonyl (C=O) groups excluding carboxylic acids is 7. The molecule has 61 heavy (non-hydrogen) atoms. The number of ether oxygens (including phenoxy) is 2. The number of nitrogens with two attached hydrogens (primary N) is 1. The minimum atomic E-state index is -4.77. The molecule has 16 nitrogen and oxygen atoms in total. The van der Waals surface area contributed by atoms with Gasteiger partial charge >= 0.3 is 18.4 Å². The van der Waals surface area contributed by atoms with Gasteiger partial charge in [0, 0.05) is 31.4 Å². The number of aryl methyl sites for hydroxylation is 1. The fourth-order valence-corrected chi connectivity index (χ4v) is 7.33. The summed E-state index contributed by atoms with van der Waals surface area (Å²) in [6, 6.07) is 4.41. The lowest BCUT2D eigenvalue weighted by Crippen LogP contribution is -2.59. The number of nitrogens with one attached hydrogen (secondary N) is 3. The first kappa shape index (κ1) is 47.7. The van der Waals surface area contributed by atoms with Crippen LogP contribution in [0.25, 0.3) is 0 Å². The van der Waals surface area contributed by atoms with E-state index in [1.807, 2.05) is 0 Å². The summed E-state index contributed by atoms with van der Waals surface area (Å²) in [5.41, 5.74) is 5.65. The maximum atomic E-state index is 13.5. The molecular formula is C40H50F5N7O9. The zero-order chi connectivity index (χ0) is 45.0. The average Bonchev–Trinajstić information content (AvgIpc) is 3.88. The number of benzene rings is 2. The second-order valence-electron chi connectivity index (χ2n) is 15.0. The minimum Gasteiger partial charge on any atom is -0.461 e. The van der Waals surface area contributed by atoms with Crippen LogP contribution >= 0.6 is 0 Å². The van der Waals surface area contributed by atoms with Crippen molar-refractivity contribution < 1.29 is 65.0 Å². The molecule has 334 valence electrons. The number of alkyl halides is 3. The Kier molecular flexibility index (Phi) is 16.8. The van der Waals surface area contributed by atoms with E-state index in [1.54, 1.807) is 30.6 Å². The van der Waals surface area contributed by atoms with Crippen molar-refractivity contribution in [3.63, 3.8) is 0 Å². The number of carbonyl (C=O) groups is 7. The number of fused-ring (bicyclic) bond motifs is 3. The van der Waals surface area contributed by atoms with Crippen molar-refractivity contribution in [1.82, 2.24) is 25.3 Å². The Bertz CT molecular complexity index is 1870. The Morgan fingerprint density at radius 1 is 0.820 bits per heavy atom. The number of piperidine rings is 1. The van der Waals surface area contributed by atoms with Gasteiger partial charge < -0.3 is 45.9 Å². The van der Waals surface area contributed by atoms with Gasteiger partial charge in [-0.3, -0.25) is 24.0 Å². The van der Waals surface area contributed by atoms with Gasteiger partial charge in [-0.25, -0.2) is 18.4 Å². The largest absolute Gasteiger partial charge is 0.573 e. The van der Waals surface area contributed by atoms with E-state index in [0.29, 0.717) is 57.3 Å². The topological polar surface area (TPSA) is 210 Å². The van der Waals surface area contributed by atoms with E-state index < -0.39 is 71.9 Å². The van der Waals surface area contributed by atoms with Crippen LogP contribution in [0.3, 0.4) is 0 Å². The molecule has 0 bridgehead atoms. The number of anilines is 1. The van der Waals surface area contributed by atoms with Crippen molar-refractivity contribution in [2.45, 2.75) is 109 Å². The van der Waals surface area contributed by atoms with E-state index in [1.165, 1.54) is 29.2 Å². The number of primary amides is 1. The molecule has 4 heterocycles. The van der Waals surface area contributed by atoms with Crippen LogP contribution in [0.1, 0.15) is 70.8 Å². The second-order valence-corrected chi connectivity index (χ2v) is 15.0. The molecule has 4 aliphatic rings. The summed E-state index contributed by atoms with van der Waals surface area (Å²) >= 11 is 0. The van der Waals surface area contributed by atoms with Crippen LogP contribution in [0.4, 0.5) is 32.4 Å². The summed E-state index contributed by atoms with van der Waals surface area (Å²) in [6.07, 6.45) is -0.891. The molecule has 5 atom stereocenters. The second kappa shape index (κ2) is 21.5. The molecule has 6 rings (SSSR count). The number of cyclic esters (lactones) is 1. The van der Waals surface area contributed by atoms with Gasteiger partial charge in [0.25, 0.3) is 0 Å². The normalized spacial score (nSPS) is 23.4. The van der Waals surface area contributed by atoms with Crippen LogP contribution in [0.5, 0.6) is 5.75 Å². The van der Waals surface area contributed by atoms with Crippen LogP contribution in [0, 0.1) is 18.6 Å². The van der Waals surface area contributed by atoms with Crippen LogP contribution in [0.15, 0.2) is 42.5 Å². The van der Waals surface area contributed by atoms with Crippen molar-refractivity contribution in [1.29, 1.82) is 0 Å². The van der Waals surface area contributed by atoms with Gasteiger partial charge in [0.05, 0.1) is 13.0 Å². The van der Waals surface area contributed by atoms with Crippen LogP contribution in [0.2, 0.25) is 0 Å². The monoisotopic (exact) mass is 867 g/mol. The highest BCUT2D eigenvalue weighted by atomic mass is 19.4. The Labute approximate surface area is 348 Å². The lowest BCUT2D eigenvalue weighted by molar-refractivity contribution is -0.274. The number of halogens is 5. The number of rotatable bonds is 4. The van der Waals surface area contributed by atoms with E-state index in [0.717, 1.165) is 31.0 Å². The molecule has 21 heteroatoms. The predicted octanol–water partition coefficient (Wildman–Crippen LogP) is 3.65. The highest BCUT2D eigenvalue weighted by Crippen LogP contribution is 2.28. The maximum absolute atomic E-state index is 13.5. The molecule has 0 aromatic heterocycles. The molecule has 0 radical (unpaired) electrons. The van der Waals surface area contributed by atoms with Crippen LogP contribution in [-0.2, 0) is 33.5 Å². The predicted molar refractivity (Wildman–Crippen MR) is 207 cm³/mol. The first-order valence-electron chi connectivity index (χ1n) is 19.7. The molecule has 0 saturated carbocycles. The Hall–Kier alpha value is -6.02. The molecule has 0 spiro atoms. The fourth-order valence-electron chi connectivity index (χ4n) is 7.33. The highest BCUT2D eigenvalue weighted by Gasteiger charge is 2.43. The van der Waals surface area contributed by atoms with Gasteiger partial charge in [-0.2, -0.15) is 0 Å². The van der Waals surface area contributed by atoms with Crippen molar-refractivity contribution >= 4 is 47.2 Å². The number of esters is 1. The third-order valence-electron chi connectivity index (χ3n) is 10.0. The van der Waals surface area contributed by atoms with Gasteiger partial charge in [0.15, 0.2) is 0 Å². The van der Waals surface area contributed by atoms with E-state index in [4.69, 9.17) is 10.5 Å². The molecule has 0 aliphatic carbocycles. The first-order chi connectivity index (χ1) is 28.7. The Balaban J connectivity index is 0.000000245. The van der Waals surface area contributed by atoms with Crippen molar-refractivity contribution in [2.24, 2.45) is 5.73 Å². The summed E-state index contributed by atoms with van der Waals surface area (Å²) in [4.78, 5) is 91.7. The van der Waals surface area contributed by atoms with Crippen molar-refractivity contribution in [2.75, 3.05) is 31.5 Å². The third-order valence-corrected chi connectivity index (χ3v) is 10.0. The van der Waals surface area contributed by atoms with Crippen molar-refractivity contribution in [3.05, 3.63) is 59.7 Å². The van der Waals surface area contributed by atoms with Crippen LogP contribution < -0.4 is 26.4 Å². The molecule has 4 aliphatic heterocycles. The standard InChI is InChI=1S/C23H34N4O6.C10H10F3N3O3.C7H6F2/c1-14-13-19(28)25-11-5-8-17(25)22(31)26-10-4-3-7-16(26)20(29)24-15(2)21(30)27-12-6-9-18(27)23(32)33-14;11-10(12,13)19-7-3-1-6(2-4-7)16-9(18)15-5-8(14)17;1-5-2-6(8)4-7(9)3-5/h14-18H,3-13H2,1-2H3,(H,24,29);1-4H,5H2,(H2,14,17)(H2,15,16,18);2-4H,1H3. The van der Waals surface area contributed by atoms with Crippen molar-refractivity contribution in [3.8, 4) is 5.75 Å². The van der Waals surface area contributed by atoms with Gasteiger partial charge in [-0.05, 0) is 108 Å². The molecule has 2 aromatic carbocycles. The van der Waals surface area contributed by atoms with E-state index in [2.05, 4.69) is 20.7 Å². The summed E-state index contributed by atoms with van der Waals surface area (Å²) in [5.74, 6) is -3.84. The molecule has 5 N–H and O–H groups in total. The van der Waals surface area contributed by atoms with E-state index >= 15 is 0 Å². The Morgan fingerprint density at radius 3 is 2.00 bits per heavy atom. The number of nitrogens with zero attached hydrogens (tertiary/aromatic N) is 3.